The van der Waals surface area contributed by atoms with Crippen molar-refractivity contribution >= 4 is 0 Å². The fourth-order valence-corrected chi connectivity index (χ4v) is 6.23. The van der Waals surface area contributed by atoms with Gasteiger partial charge in [0.25, 0.3) is 0 Å². The van der Waals surface area contributed by atoms with Gasteiger partial charge in [0.2, 0.25) is 0 Å². The molecule has 0 unspecified atom stereocenters. The van der Waals surface area contributed by atoms with Gasteiger partial charge in [-0.2, -0.15) is 31.6 Å². The molecule has 220 valence electrons. The molecule has 4 rings (SSSR count). The Kier molecular flexibility index (Phi) is 10.4. The van der Waals surface area contributed by atoms with Crippen molar-refractivity contribution in [2.45, 2.75) is 108 Å². The van der Waals surface area contributed by atoms with Gasteiger partial charge in [-0.3, -0.25) is 0 Å². The number of rotatable bonds is 10. The fourth-order valence-electron chi connectivity index (χ4n) is 6.23. The Morgan fingerprint density at radius 2 is 1.25 bits per heavy atom. The molecule has 2 saturated carbocycles. The molecular weight excluding hydrogens is 526 g/mol. The highest BCUT2D eigenvalue weighted by Gasteiger charge is 2.63. The minimum atomic E-state index is -4.48. The molecule has 2 aromatic carbocycles. The van der Waals surface area contributed by atoms with Crippen LogP contribution in [0.3, 0.4) is 0 Å². The number of nitrogens with zero attached hydrogens (tertiary/aromatic N) is 2. The van der Waals surface area contributed by atoms with Crippen LogP contribution in [-0.2, 0) is 23.7 Å². The largest absolute Gasteiger partial charge is 0.398 e. The molecule has 0 aliphatic heterocycles. The first-order valence-electron chi connectivity index (χ1n) is 14.2. The summed E-state index contributed by atoms with van der Waals surface area (Å²) in [7, 11) is 0. The maximum Gasteiger partial charge on any atom is 0.398 e. The van der Waals surface area contributed by atoms with Crippen LogP contribution in [0.5, 0.6) is 0 Å². The van der Waals surface area contributed by atoms with Gasteiger partial charge < -0.3 is 4.90 Å². The van der Waals surface area contributed by atoms with Crippen molar-refractivity contribution in [3.05, 3.63) is 70.8 Å². The van der Waals surface area contributed by atoms with Gasteiger partial charge in [-0.25, -0.2) is 0 Å². The van der Waals surface area contributed by atoms with Crippen LogP contribution in [0.4, 0.5) is 26.3 Å². The van der Waals surface area contributed by atoms with E-state index in [9.17, 15) is 26.3 Å². The number of hydrogen-bond donors (Lipinski definition) is 0. The number of nitriles is 1. The highest BCUT2D eigenvalue weighted by Crippen LogP contribution is 2.59. The van der Waals surface area contributed by atoms with Crippen molar-refractivity contribution in [3.63, 3.8) is 0 Å². The number of hydrogen-bond acceptors (Lipinski definition) is 2. The Morgan fingerprint density at radius 3 is 1.62 bits per heavy atom. The van der Waals surface area contributed by atoms with E-state index >= 15 is 0 Å². The van der Waals surface area contributed by atoms with Gasteiger partial charge >= 0.3 is 12.4 Å². The zero-order chi connectivity index (χ0) is 29.6. The average Bonchev–Trinajstić information content (AvgIpc) is 2.80. The Bertz CT molecular complexity index is 1070. The van der Waals surface area contributed by atoms with Gasteiger partial charge in [0.1, 0.15) is 0 Å². The maximum absolute atomic E-state index is 14.4. The molecule has 0 atom stereocenters. The summed E-state index contributed by atoms with van der Waals surface area (Å²) in [5, 5.41) is 7.32. The van der Waals surface area contributed by atoms with E-state index in [1.165, 1.54) is 30.7 Å². The third-order valence-corrected chi connectivity index (χ3v) is 8.84. The van der Waals surface area contributed by atoms with E-state index < -0.39 is 23.2 Å². The lowest BCUT2D eigenvalue weighted by Crippen LogP contribution is -2.51. The highest BCUT2D eigenvalue weighted by molar-refractivity contribution is 5.48. The number of halogens is 6. The Morgan fingerprint density at radius 1 is 0.775 bits per heavy atom. The second-order valence-corrected chi connectivity index (χ2v) is 11.4. The second-order valence-electron chi connectivity index (χ2n) is 11.4. The van der Waals surface area contributed by atoms with Crippen LogP contribution < -0.4 is 0 Å². The van der Waals surface area contributed by atoms with E-state index in [-0.39, 0.29) is 49.3 Å². The minimum absolute atomic E-state index is 0.0544. The molecule has 0 amide bonds. The summed E-state index contributed by atoms with van der Waals surface area (Å²) < 4.78 is 86.2. The summed E-state index contributed by atoms with van der Waals surface area (Å²) in [6.45, 7) is 6.99. The van der Waals surface area contributed by atoms with Gasteiger partial charge in [0.05, 0.1) is 16.9 Å². The van der Waals surface area contributed by atoms with Crippen molar-refractivity contribution in [3.8, 4) is 6.07 Å². The molecular formula is C32H40F6N2. The van der Waals surface area contributed by atoms with Crippen molar-refractivity contribution in [1.82, 2.24) is 4.90 Å². The molecule has 0 heterocycles. The van der Waals surface area contributed by atoms with E-state index in [2.05, 4.69) is 30.9 Å². The first-order valence-corrected chi connectivity index (χ1v) is 14.2. The third kappa shape index (κ3) is 6.51. The van der Waals surface area contributed by atoms with Gasteiger partial charge in [-0.05, 0) is 87.6 Å². The predicted molar refractivity (Wildman–Crippen MR) is 146 cm³/mol. The molecule has 0 bridgehead atoms. The summed E-state index contributed by atoms with van der Waals surface area (Å²) in [5.74, 6) is 0. The van der Waals surface area contributed by atoms with E-state index in [4.69, 9.17) is 5.26 Å². The quantitative estimate of drug-likeness (QED) is 0.268. The van der Waals surface area contributed by atoms with Crippen LogP contribution in [0.25, 0.3) is 0 Å². The van der Waals surface area contributed by atoms with Crippen molar-refractivity contribution in [2.24, 2.45) is 0 Å². The summed E-state index contributed by atoms with van der Waals surface area (Å²) >= 11 is 0. The summed E-state index contributed by atoms with van der Waals surface area (Å²) in [6, 6.07) is 16.4. The predicted octanol–water partition coefficient (Wildman–Crippen LogP) is 9.07. The monoisotopic (exact) mass is 566 g/mol. The lowest BCUT2D eigenvalue weighted by Gasteiger charge is -2.48. The Labute approximate surface area is 234 Å². The van der Waals surface area contributed by atoms with Crippen LogP contribution in [0.2, 0.25) is 0 Å². The van der Waals surface area contributed by atoms with Crippen LogP contribution >= 0.6 is 0 Å². The van der Waals surface area contributed by atoms with E-state index in [0.717, 1.165) is 13.0 Å². The molecule has 0 N–H and O–H groups in total. The van der Waals surface area contributed by atoms with Crippen molar-refractivity contribution < 1.29 is 26.3 Å². The van der Waals surface area contributed by atoms with E-state index in [1.54, 1.807) is 6.07 Å². The third-order valence-electron chi connectivity index (χ3n) is 8.84. The Hall–Kier alpha value is -2.53. The second kappa shape index (κ2) is 13.0. The molecule has 0 saturated heterocycles. The molecule has 0 spiro atoms. The molecule has 2 aromatic rings. The topological polar surface area (TPSA) is 27.0 Å². The lowest BCUT2D eigenvalue weighted by atomic mass is 9.58. The summed E-state index contributed by atoms with van der Waals surface area (Å²) in [5.41, 5.74) is -2.39. The lowest BCUT2D eigenvalue weighted by molar-refractivity contribution is -0.215. The van der Waals surface area contributed by atoms with Gasteiger partial charge in [0, 0.05) is 19.5 Å². The number of benzene rings is 2. The maximum atomic E-state index is 14.4. The van der Waals surface area contributed by atoms with E-state index in [0.29, 0.717) is 31.4 Å². The normalized spacial score (nSPS) is 17.9. The van der Waals surface area contributed by atoms with Crippen molar-refractivity contribution in [1.29, 1.82) is 5.26 Å². The molecule has 2 fully saturated rings. The standard InChI is InChI=1S/C30H37F6N.C2H3N/c1-22(2)37(21-15-23-10-4-3-5-11-23)20-7-12-24-25(27(16-8-17-27)29(31,32)33)13-6-14-26(24)28(18-9-19-28)30(34,35)36;1-2-3/h3-6,10-11,13-14,22H,7-9,12,15-21H2,1-2H3;1H3. The first-order chi connectivity index (χ1) is 18.8. The van der Waals surface area contributed by atoms with Gasteiger partial charge in [-0.15, -0.1) is 0 Å². The van der Waals surface area contributed by atoms with Crippen LogP contribution in [0.1, 0.15) is 88.0 Å². The average molecular weight is 567 g/mol. The molecule has 2 aliphatic carbocycles. The van der Waals surface area contributed by atoms with E-state index in [1.807, 2.05) is 18.2 Å². The summed E-state index contributed by atoms with van der Waals surface area (Å²) in [4.78, 5) is 2.26. The zero-order valence-corrected chi connectivity index (χ0v) is 23.6. The van der Waals surface area contributed by atoms with Crippen LogP contribution in [0.15, 0.2) is 48.5 Å². The van der Waals surface area contributed by atoms with Crippen LogP contribution in [0, 0.1) is 11.3 Å². The zero-order valence-electron chi connectivity index (χ0n) is 23.6. The molecule has 0 radical (unpaired) electrons. The molecule has 2 aliphatic rings. The van der Waals surface area contributed by atoms with Crippen molar-refractivity contribution in [2.75, 3.05) is 13.1 Å². The minimum Gasteiger partial charge on any atom is -0.301 e. The summed E-state index contributed by atoms with van der Waals surface area (Å²) in [6.07, 6.45) is -6.73. The molecule has 2 nitrogen and oxygen atoms in total. The molecule has 40 heavy (non-hydrogen) atoms. The molecule has 0 aromatic heterocycles. The SMILES string of the molecule is CC#N.CC(C)N(CCCc1c(C2(C(F)(F)F)CCC2)cccc1C1(C(F)(F)F)CCC1)CCc1ccccc1. The number of alkyl halides is 6. The first kappa shape index (κ1) is 32.0. The fraction of sp³-hybridized carbons (Fsp3) is 0.594. The molecule has 8 heteroatoms. The van der Waals surface area contributed by atoms with Crippen LogP contribution in [-0.4, -0.2) is 36.4 Å². The van der Waals surface area contributed by atoms with Gasteiger partial charge in [-0.1, -0.05) is 61.4 Å². The Balaban J connectivity index is 0.00000141. The smallest absolute Gasteiger partial charge is 0.301 e. The van der Waals surface area contributed by atoms with Gasteiger partial charge in [0.15, 0.2) is 0 Å². The highest BCUT2D eigenvalue weighted by atomic mass is 19.4.